The molecule has 0 bridgehead atoms. The molecule has 2 rings (SSSR count). The van der Waals surface area contributed by atoms with Crippen LogP contribution in [0.5, 0.6) is 0 Å². The summed E-state index contributed by atoms with van der Waals surface area (Å²) < 4.78 is 15.4. The Morgan fingerprint density at radius 2 is 2.05 bits per heavy atom. The summed E-state index contributed by atoms with van der Waals surface area (Å²) in [7, 11) is 0. The van der Waals surface area contributed by atoms with Crippen molar-refractivity contribution in [2.45, 2.75) is 46.2 Å². The SMILES string of the molecule is CCc1c(CNC(C)(C)C)cnn1-c1ccc(Cl)c(F)c1. The summed E-state index contributed by atoms with van der Waals surface area (Å²) in [6.07, 6.45) is 2.66. The maximum absolute atomic E-state index is 13.6. The van der Waals surface area contributed by atoms with Gasteiger partial charge in [-0.3, -0.25) is 0 Å². The van der Waals surface area contributed by atoms with Gasteiger partial charge in [0.2, 0.25) is 0 Å². The van der Waals surface area contributed by atoms with E-state index in [1.165, 1.54) is 6.07 Å². The van der Waals surface area contributed by atoms with Crippen LogP contribution in [0.3, 0.4) is 0 Å². The molecule has 0 unspecified atom stereocenters. The van der Waals surface area contributed by atoms with Crippen molar-refractivity contribution in [3.63, 3.8) is 0 Å². The number of hydrogen-bond donors (Lipinski definition) is 1. The molecule has 1 aromatic heterocycles. The molecule has 2 aromatic rings. The third kappa shape index (κ3) is 3.83. The first-order valence-electron chi connectivity index (χ1n) is 7.08. The molecule has 1 aromatic carbocycles. The predicted octanol–water partition coefficient (Wildman–Crippen LogP) is 4.12. The Labute approximate surface area is 130 Å². The average Bonchev–Trinajstić information content (AvgIpc) is 2.81. The number of halogens is 2. The van der Waals surface area contributed by atoms with Crippen LogP contribution in [0.4, 0.5) is 4.39 Å². The molecule has 1 N–H and O–H groups in total. The topological polar surface area (TPSA) is 29.9 Å². The fourth-order valence-electron chi connectivity index (χ4n) is 2.13. The summed E-state index contributed by atoms with van der Waals surface area (Å²) in [4.78, 5) is 0. The molecule has 3 nitrogen and oxygen atoms in total. The van der Waals surface area contributed by atoms with Gasteiger partial charge in [0.25, 0.3) is 0 Å². The van der Waals surface area contributed by atoms with Crippen molar-refractivity contribution in [3.05, 3.63) is 46.5 Å². The Morgan fingerprint density at radius 3 is 2.62 bits per heavy atom. The molecule has 0 fully saturated rings. The highest BCUT2D eigenvalue weighted by atomic mass is 35.5. The van der Waals surface area contributed by atoms with E-state index in [9.17, 15) is 4.39 Å². The highest BCUT2D eigenvalue weighted by molar-refractivity contribution is 6.30. The van der Waals surface area contributed by atoms with E-state index in [-0.39, 0.29) is 10.6 Å². The number of nitrogens with one attached hydrogen (secondary N) is 1. The number of benzene rings is 1. The van der Waals surface area contributed by atoms with Gasteiger partial charge < -0.3 is 5.32 Å². The summed E-state index contributed by atoms with van der Waals surface area (Å²) in [6.45, 7) is 9.18. The van der Waals surface area contributed by atoms with Gasteiger partial charge in [0, 0.05) is 29.4 Å². The fourth-order valence-corrected chi connectivity index (χ4v) is 2.25. The average molecular weight is 310 g/mol. The predicted molar refractivity (Wildman–Crippen MR) is 84.5 cm³/mol. The largest absolute Gasteiger partial charge is 0.308 e. The van der Waals surface area contributed by atoms with Gasteiger partial charge in [-0.15, -0.1) is 0 Å². The minimum absolute atomic E-state index is 0.0412. The second-order valence-corrected chi connectivity index (χ2v) is 6.49. The summed E-state index contributed by atoms with van der Waals surface area (Å²) >= 11 is 5.73. The fraction of sp³-hybridized carbons (Fsp3) is 0.438. The summed E-state index contributed by atoms with van der Waals surface area (Å²) in [6, 6.07) is 4.74. The van der Waals surface area contributed by atoms with E-state index in [1.807, 2.05) is 6.20 Å². The third-order valence-electron chi connectivity index (χ3n) is 3.25. The van der Waals surface area contributed by atoms with Crippen LogP contribution in [0.1, 0.15) is 39.0 Å². The molecule has 0 atom stereocenters. The zero-order chi connectivity index (χ0) is 15.6. The van der Waals surface area contributed by atoms with E-state index in [2.05, 4.69) is 38.1 Å². The molecule has 0 amide bonds. The van der Waals surface area contributed by atoms with Crippen LogP contribution in [0.2, 0.25) is 5.02 Å². The first kappa shape index (κ1) is 16.0. The number of hydrogen-bond acceptors (Lipinski definition) is 2. The van der Waals surface area contributed by atoms with Gasteiger partial charge in [-0.2, -0.15) is 5.10 Å². The Hall–Kier alpha value is -1.39. The van der Waals surface area contributed by atoms with E-state index in [0.29, 0.717) is 5.69 Å². The van der Waals surface area contributed by atoms with Gasteiger partial charge >= 0.3 is 0 Å². The molecule has 0 radical (unpaired) electrons. The van der Waals surface area contributed by atoms with Crippen LogP contribution in [0, 0.1) is 5.82 Å². The highest BCUT2D eigenvalue weighted by Crippen LogP contribution is 2.21. The monoisotopic (exact) mass is 309 g/mol. The van der Waals surface area contributed by atoms with E-state index >= 15 is 0 Å². The summed E-state index contributed by atoms with van der Waals surface area (Å²) in [5.41, 5.74) is 2.94. The molecule has 114 valence electrons. The minimum atomic E-state index is -0.430. The van der Waals surface area contributed by atoms with Crippen molar-refractivity contribution < 1.29 is 4.39 Å². The Morgan fingerprint density at radius 1 is 1.33 bits per heavy atom. The molecule has 0 aliphatic heterocycles. The maximum Gasteiger partial charge on any atom is 0.143 e. The van der Waals surface area contributed by atoms with Gasteiger partial charge in [0.1, 0.15) is 5.82 Å². The molecule has 0 saturated carbocycles. The van der Waals surface area contributed by atoms with E-state index in [0.717, 1.165) is 24.2 Å². The molecule has 5 heteroatoms. The molecule has 21 heavy (non-hydrogen) atoms. The minimum Gasteiger partial charge on any atom is -0.308 e. The highest BCUT2D eigenvalue weighted by Gasteiger charge is 2.15. The Balaban J connectivity index is 2.32. The molecule has 0 saturated heterocycles. The molecular formula is C16H21ClFN3. The summed E-state index contributed by atoms with van der Waals surface area (Å²) in [5, 5.41) is 7.97. The smallest absolute Gasteiger partial charge is 0.143 e. The third-order valence-corrected chi connectivity index (χ3v) is 3.55. The lowest BCUT2D eigenvalue weighted by Crippen LogP contribution is -2.35. The molecular weight excluding hydrogens is 289 g/mol. The van der Waals surface area contributed by atoms with Crippen molar-refractivity contribution in [2.24, 2.45) is 0 Å². The standard InChI is InChI=1S/C16H21ClFN3/c1-5-15-11(9-19-16(2,3)4)10-20-21(15)12-6-7-13(17)14(18)8-12/h6-8,10,19H,5,9H2,1-4H3. The number of aromatic nitrogens is 2. The molecule has 1 heterocycles. The van der Waals surface area contributed by atoms with Gasteiger partial charge in [-0.1, -0.05) is 18.5 Å². The lowest BCUT2D eigenvalue weighted by atomic mass is 10.1. The molecule has 0 spiro atoms. The first-order chi connectivity index (χ1) is 9.81. The normalized spacial score (nSPS) is 11.9. The molecule has 0 aliphatic rings. The van der Waals surface area contributed by atoms with Crippen LogP contribution in [0.25, 0.3) is 5.69 Å². The van der Waals surface area contributed by atoms with E-state index in [4.69, 9.17) is 11.6 Å². The van der Waals surface area contributed by atoms with Crippen LogP contribution < -0.4 is 5.32 Å². The zero-order valence-electron chi connectivity index (χ0n) is 12.9. The summed E-state index contributed by atoms with van der Waals surface area (Å²) in [5.74, 6) is -0.430. The lowest BCUT2D eigenvalue weighted by Gasteiger charge is -2.20. The quantitative estimate of drug-likeness (QED) is 0.921. The van der Waals surface area contributed by atoms with Gasteiger partial charge in [-0.25, -0.2) is 9.07 Å². The Kier molecular flexibility index (Phi) is 4.69. The second-order valence-electron chi connectivity index (χ2n) is 6.08. The maximum atomic E-state index is 13.6. The van der Waals surface area contributed by atoms with E-state index < -0.39 is 5.82 Å². The van der Waals surface area contributed by atoms with Gasteiger partial charge in [0.15, 0.2) is 0 Å². The van der Waals surface area contributed by atoms with Crippen molar-refractivity contribution >= 4 is 11.6 Å². The lowest BCUT2D eigenvalue weighted by molar-refractivity contribution is 0.423. The van der Waals surface area contributed by atoms with Gasteiger partial charge in [-0.05, 0) is 39.3 Å². The van der Waals surface area contributed by atoms with Crippen molar-refractivity contribution in [1.29, 1.82) is 0 Å². The number of nitrogens with zero attached hydrogens (tertiary/aromatic N) is 2. The van der Waals surface area contributed by atoms with Crippen LogP contribution in [-0.4, -0.2) is 15.3 Å². The zero-order valence-corrected chi connectivity index (χ0v) is 13.6. The number of rotatable bonds is 4. The van der Waals surface area contributed by atoms with Crippen molar-refractivity contribution in [1.82, 2.24) is 15.1 Å². The van der Waals surface area contributed by atoms with Crippen LogP contribution >= 0.6 is 11.6 Å². The first-order valence-corrected chi connectivity index (χ1v) is 7.46. The molecule has 0 aliphatic carbocycles. The van der Waals surface area contributed by atoms with Crippen molar-refractivity contribution in [2.75, 3.05) is 0 Å². The van der Waals surface area contributed by atoms with Crippen molar-refractivity contribution in [3.8, 4) is 5.69 Å². The van der Waals surface area contributed by atoms with Crippen LogP contribution in [0.15, 0.2) is 24.4 Å². The Bertz CT molecular complexity index is 629. The van der Waals surface area contributed by atoms with Crippen LogP contribution in [-0.2, 0) is 13.0 Å². The van der Waals surface area contributed by atoms with E-state index in [1.54, 1.807) is 16.8 Å². The van der Waals surface area contributed by atoms with Gasteiger partial charge in [0.05, 0.1) is 16.9 Å². The second kappa shape index (κ2) is 6.16.